The lowest BCUT2D eigenvalue weighted by molar-refractivity contribution is -0.128. The summed E-state index contributed by atoms with van der Waals surface area (Å²) >= 11 is 0. The Balaban J connectivity index is 1.13. The molecule has 5 nitrogen and oxygen atoms in total. The number of fused-ring (bicyclic) bond motifs is 1. The molecule has 0 spiro atoms. The van der Waals surface area contributed by atoms with E-state index in [0.29, 0.717) is 5.56 Å². The number of carbonyl (C=O) groups is 1. The molecule has 35 heavy (non-hydrogen) atoms. The van der Waals surface area contributed by atoms with Gasteiger partial charge in [-0.05, 0) is 99.2 Å². The summed E-state index contributed by atoms with van der Waals surface area (Å²) in [6.07, 6.45) is 8.28. The molecule has 1 amide bonds. The minimum atomic E-state index is -0.409. The molecule has 6 heteroatoms. The van der Waals surface area contributed by atoms with Crippen molar-refractivity contribution in [3.8, 4) is 11.5 Å². The van der Waals surface area contributed by atoms with Gasteiger partial charge in [0.15, 0.2) is 0 Å². The second-order valence-corrected chi connectivity index (χ2v) is 10.4. The van der Waals surface area contributed by atoms with Crippen molar-refractivity contribution in [1.82, 2.24) is 5.32 Å². The third kappa shape index (κ3) is 5.48. The number of amides is 1. The molecule has 3 aliphatic rings. The van der Waals surface area contributed by atoms with Gasteiger partial charge in [0.05, 0.1) is 18.2 Å². The SMILES string of the molecule is Cc1c(F)cccc1C1CCc2cc(OC3CCC(C(=O)N[C@H]4CCCC[C@@H]4O)CC3)ccc2O1. The van der Waals surface area contributed by atoms with Crippen LogP contribution >= 0.6 is 0 Å². The highest BCUT2D eigenvalue weighted by Gasteiger charge is 2.31. The Kier molecular flexibility index (Phi) is 7.28. The molecule has 2 N–H and O–H groups in total. The van der Waals surface area contributed by atoms with E-state index in [4.69, 9.17) is 9.47 Å². The van der Waals surface area contributed by atoms with Gasteiger partial charge in [-0.1, -0.05) is 25.0 Å². The van der Waals surface area contributed by atoms with Gasteiger partial charge in [-0.2, -0.15) is 0 Å². The molecule has 3 atom stereocenters. The fraction of sp³-hybridized carbons (Fsp3) is 0.552. The number of nitrogens with one attached hydrogen (secondary N) is 1. The van der Waals surface area contributed by atoms with E-state index in [2.05, 4.69) is 11.4 Å². The van der Waals surface area contributed by atoms with E-state index in [1.165, 1.54) is 6.07 Å². The number of hydrogen-bond acceptors (Lipinski definition) is 4. The van der Waals surface area contributed by atoms with E-state index in [-0.39, 0.29) is 35.9 Å². The lowest BCUT2D eigenvalue weighted by Crippen LogP contribution is -2.47. The zero-order valence-electron chi connectivity index (χ0n) is 20.5. The van der Waals surface area contributed by atoms with Crippen LogP contribution in [0.2, 0.25) is 0 Å². The molecule has 2 aliphatic carbocycles. The van der Waals surface area contributed by atoms with E-state index < -0.39 is 6.10 Å². The van der Waals surface area contributed by atoms with Gasteiger partial charge in [0.1, 0.15) is 23.4 Å². The first kappa shape index (κ1) is 24.1. The van der Waals surface area contributed by atoms with Crippen LogP contribution in [0.4, 0.5) is 4.39 Å². The predicted octanol–water partition coefficient (Wildman–Crippen LogP) is 5.56. The van der Waals surface area contributed by atoms with Crippen LogP contribution < -0.4 is 14.8 Å². The standard InChI is InChI=1S/C29H36FNO4/c1-18-23(5-4-6-24(18)30)28-15-11-20-17-22(14-16-27(20)35-28)34-21-12-9-19(10-13-21)29(33)31-25-7-2-3-8-26(25)32/h4-6,14,16-17,19,21,25-26,28,32H,2-3,7-13,15H2,1H3,(H,31,33)/t19?,21?,25-,26-,28?/m0/s1. The molecule has 2 saturated carbocycles. The third-order valence-electron chi connectivity index (χ3n) is 8.04. The van der Waals surface area contributed by atoms with Crippen LogP contribution in [0.25, 0.3) is 0 Å². The molecule has 188 valence electrons. The molecule has 1 unspecified atom stereocenters. The second-order valence-electron chi connectivity index (χ2n) is 10.4. The molecule has 2 fully saturated rings. The summed E-state index contributed by atoms with van der Waals surface area (Å²) in [6, 6.07) is 11.0. The van der Waals surface area contributed by atoms with E-state index in [1.807, 2.05) is 18.2 Å². The molecule has 5 rings (SSSR count). The molecule has 2 aromatic carbocycles. The summed E-state index contributed by atoms with van der Waals surface area (Å²) < 4.78 is 26.5. The van der Waals surface area contributed by atoms with Crippen molar-refractivity contribution in [2.24, 2.45) is 5.92 Å². The quantitative estimate of drug-likeness (QED) is 0.587. The van der Waals surface area contributed by atoms with Gasteiger partial charge >= 0.3 is 0 Å². The number of hydrogen-bond donors (Lipinski definition) is 2. The number of halogens is 1. The molecular formula is C29H36FNO4. The topological polar surface area (TPSA) is 67.8 Å². The van der Waals surface area contributed by atoms with Crippen LogP contribution in [-0.2, 0) is 11.2 Å². The Morgan fingerprint density at radius 2 is 1.86 bits per heavy atom. The van der Waals surface area contributed by atoms with Crippen molar-refractivity contribution >= 4 is 5.91 Å². The number of aryl methyl sites for hydroxylation is 1. The van der Waals surface area contributed by atoms with E-state index >= 15 is 0 Å². The zero-order valence-corrected chi connectivity index (χ0v) is 20.5. The van der Waals surface area contributed by atoms with Gasteiger partial charge in [-0.15, -0.1) is 0 Å². The van der Waals surface area contributed by atoms with Gasteiger partial charge in [0.25, 0.3) is 0 Å². The van der Waals surface area contributed by atoms with Crippen LogP contribution in [0.15, 0.2) is 36.4 Å². The van der Waals surface area contributed by atoms with Crippen LogP contribution in [0, 0.1) is 18.7 Å². The first-order valence-corrected chi connectivity index (χ1v) is 13.2. The van der Waals surface area contributed by atoms with Gasteiger partial charge in [0, 0.05) is 5.92 Å². The van der Waals surface area contributed by atoms with Crippen molar-refractivity contribution in [1.29, 1.82) is 0 Å². The maximum Gasteiger partial charge on any atom is 0.223 e. The second kappa shape index (κ2) is 10.6. The average Bonchev–Trinajstić information content (AvgIpc) is 2.87. The fourth-order valence-electron chi connectivity index (χ4n) is 5.85. The van der Waals surface area contributed by atoms with Gasteiger partial charge in [-0.25, -0.2) is 4.39 Å². The Hall–Kier alpha value is -2.60. The van der Waals surface area contributed by atoms with Crippen molar-refractivity contribution in [3.05, 3.63) is 58.9 Å². The van der Waals surface area contributed by atoms with E-state index in [1.54, 1.807) is 13.0 Å². The minimum absolute atomic E-state index is 0.00382. The Bertz CT molecular complexity index is 1050. The number of aliphatic hydroxyl groups is 1. The summed E-state index contributed by atoms with van der Waals surface area (Å²) in [4.78, 5) is 12.7. The Labute approximate surface area is 207 Å². The number of aliphatic hydroxyl groups excluding tert-OH is 1. The predicted molar refractivity (Wildman–Crippen MR) is 132 cm³/mol. The largest absolute Gasteiger partial charge is 0.490 e. The van der Waals surface area contributed by atoms with Crippen molar-refractivity contribution in [3.63, 3.8) is 0 Å². The molecule has 1 heterocycles. The number of benzene rings is 2. The highest BCUT2D eigenvalue weighted by atomic mass is 19.1. The average molecular weight is 482 g/mol. The highest BCUT2D eigenvalue weighted by Crippen LogP contribution is 2.38. The summed E-state index contributed by atoms with van der Waals surface area (Å²) in [6.45, 7) is 1.80. The van der Waals surface area contributed by atoms with Crippen LogP contribution in [0.5, 0.6) is 11.5 Å². The van der Waals surface area contributed by atoms with Gasteiger partial charge < -0.3 is 19.9 Å². The van der Waals surface area contributed by atoms with Crippen LogP contribution in [-0.4, -0.2) is 29.3 Å². The van der Waals surface area contributed by atoms with E-state index in [9.17, 15) is 14.3 Å². The fourth-order valence-corrected chi connectivity index (χ4v) is 5.85. The number of rotatable bonds is 5. The maximum atomic E-state index is 14.0. The normalized spacial score (nSPS) is 28.5. The molecule has 0 aromatic heterocycles. The monoisotopic (exact) mass is 481 g/mol. The lowest BCUT2D eigenvalue weighted by Gasteiger charge is -2.32. The first-order chi connectivity index (χ1) is 17.0. The first-order valence-electron chi connectivity index (χ1n) is 13.2. The number of carbonyl (C=O) groups excluding carboxylic acids is 1. The minimum Gasteiger partial charge on any atom is -0.490 e. The van der Waals surface area contributed by atoms with Crippen molar-refractivity contribution in [2.75, 3.05) is 0 Å². The Morgan fingerprint density at radius 3 is 2.66 bits per heavy atom. The molecule has 1 aliphatic heterocycles. The summed E-state index contributed by atoms with van der Waals surface area (Å²) in [5.74, 6) is 1.57. The maximum absolute atomic E-state index is 14.0. The van der Waals surface area contributed by atoms with Gasteiger partial charge in [0.2, 0.25) is 5.91 Å². The van der Waals surface area contributed by atoms with E-state index in [0.717, 1.165) is 86.8 Å². The highest BCUT2D eigenvalue weighted by molar-refractivity contribution is 5.79. The van der Waals surface area contributed by atoms with Crippen LogP contribution in [0.1, 0.15) is 80.6 Å². The molecular weight excluding hydrogens is 445 g/mol. The summed E-state index contributed by atoms with van der Waals surface area (Å²) in [5.41, 5.74) is 2.68. The van der Waals surface area contributed by atoms with Crippen LogP contribution in [0.3, 0.4) is 0 Å². The third-order valence-corrected chi connectivity index (χ3v) is 8.04. The Morgan fingerprint density at radius 1 is 1.06 bits per heavy atom. The molecule has 2 aromatic rings. The van der Waals surface area contributed by atoms with Gasteiger partial charge in [-0.3, -0.25) is 4.79 Å². The molecule has 0 radical (unpaired) electrons. The summed E-state index contributed by atoms with van der Waals surface area (Å²) in [5, 5.41) is 13.2. The van der Waals surface area contributed by atoms with Crippen molar-refractivity contribution < 1.29 is 23.8 Å². The summed E-state index contributed by atoms with van der Waals surface area (Å²) in [7, 11) is 0. The van der Waals surface area contributed by atoms with Crippen molar-refractivity contribution in [2.45, 2.75) is 95.5 Å². The lowest BCUT2D eigenvalue weighted by atomic mass is 9.85. The smallest absolute Gasteiger partial charge is 0.223 e. The molecule has 0 saturated heterocycles. The number of ether oxygens (including phenoxy) is 2. The zero-order chi connectivity index (χ0) is 24.4. The molecule has 0 bridgehead atoms.